The fraction of sp³-hybridized carbons (Fsp3) is 0.0732. The maximum atomic E-state index is 4.04. The maximum Gasteiger partial charge on any atom is 0.0464 e. The number of nitrogens with zero attached hydrogens (tertiary/aromatic N) is 2. The van der Waals surface area contributed by atoms with Crippen molar-refractivity contribution in [3.63, 3.8) is 0 Å². The van der Waals surface area contributed by atoms with E-state index in [-0.39, 0.29) is 0 Å². The average molecular weight is 559 g/mol. The van der Waals surface area contributed by atoms with Crippen LogP contribution >= 0.6 is 0 Å². The van der Waals surface area contributed by atoms with Crippen molar-refractivity contribution >= 4 is 40.6 Å². The molecule has 0 atom stereocenters. The average Bonchev–Trinajstić information content (AvgIpc) is 3.01. The number of hydrogen-bond acceptors (Lipinski definition) is 2. The lowest BCUT2D eigenvalue weighted by molar-refractivity contribution is 1.20. The lowest BCUT2D eigenvalue weighted by atomic mass is 10.1. The molecule has 212 valence electrons. The molecule has 0 N–H and O–H groups in total. The fourth-order valence-electron chi connectivity index (χ4n) is 5.21. The van der Waals surface area contributed by atoms with Gasteiger partial charge in [-0.25, -0.2) is 0 Å². The molecule has 0 saturated carbocycles. The van der Waals surface area contributed by atoms with Crippen molar-refractivity contribution in [2.24, 2.45) is 0 Å². The van der Waals surface area contributed by atoms with Crippen LogP contribution in [0.25, 0.3) is 12.2 Å². The van der Waals surface area contributed by atoms with E-state index in [1.54, 1.807) is 6.08 Å². The van der Waals surface area contributed by atoms with Gasteiger partial charge in [0.15, 0.2) is 0 Å². The summed E-state index contributed by atoms with van der Waals surface area (Å²) in [5.41, 5.74) is 12.5. The molecule has 2 nitrogen and oxygen atoms in total. The molecule has 0 amide bonds. The molecule has 2 heteroatoms. The van der Waals surface area contributed by atoms with Gasteiger partial charge in [0, 0.05) is 34.1 Å². The van der Waals surface area contributed by atoms with Crippen molar-refractivity contribution < 1.29 is 0 Å². The van der Waals surface area contributed by atoms with E-state index in [1.165, 1.54) is 16.7 Å². The van der Waals surface area contributed by atoms with Crippen LogP contribution in [0.15, 0.2) is 158 Å². The van der Waals surface area contributed by atoms with Crippen molar-refractivity contribution in [2.75, 3.05) is 9.80 Å². The zero-order valence-electron chi connectivity index (χ0n) is 25.2. The highest BCUT2D eigenvalue weighted by Gasteiger charge is 2.14. The normalized spacial score (nSPS) is 11.4. The Labute approximate surface area is 256 Å². The first-order valence-electron chi connectivity index (χ1n) is 14.6. The Bertz CT molecular complexity index is 1730. The third-order valence-electron chi connectivity index (χ3n) is 7.31. The van der Waals surface area contributed by atoms with E-state index in [0.717, 1.165) is 45.3 Å². The van der Waals surface area contributed by atoms with Gasteiger partial charge >= 0.3 is 0 Å². The molecule has 43 heavy (non-hydrogen) atoms. The Kier molecular flexibility index (Phi) is 9.19. The second-order valence-electron chi connectivity index (χ2n) is 10.7. The summed E-state index contributed by atoms with van der Waals surface area (Å²) >= 11 is 0. The molecule has 0 aliphatic rings. The number of rotatable bonds is 10. The van der Waals surface area contributed by atoms with Gasteiger partial charge in [0.05, 0.1) is 0 Å². The first-order chi connectivity index (χ1) is 20.9. The van der Waals surface area contributed by atoms with Gasteiger partial charge in [-0.3, -0.25) is 0 Å². The van der Waals surface area contributed by atoms with Gasteiger partial charge in [-0.2, -0.15) is 0 Å². The van der Waals surface area contributed by atoms with Gasteiger partial charge in [0.2, 0.25) is 0 Å². The van der Waals surface area contributed by atoms with Crippen LogP contribution in [0, 0.1) is 20.8 Å². The molecule has 0 aliphatic heterocycles. The number of anilines is 5. The molecule has 0 aliphatic carbocycles. The first-order valence-corrected chi connectivity index (χ1v) is 14.6. The number of allylic oxidation sites excluding steroid dienone is 3. The van der Waals surface area contributed by atoms with E-state index < -0.39 is 0 Å². The second kappa shape index (κ2) is 13.5. The van der Waals surface area contributed by atoms with Gasteiger partial charge in [0.1, 0.15) is 0 Å². The van der Waals surface area contributed by atoms with Crippen molar-refractivity contribution in [2.45, 2.75) is 20.8 Å². The van der Waals surface area contributed by atoms with E-state index in [4.69, 9.17) is 0 Å². The molecular weight excluding hydrogens is 520 g/mol. The molecule has 0 fully saturated rings. The minimum atomic E-state index is 0.967. The highest BCUT2D eigenvalue weighted by molar-refractivity contribution is 5.79. The summed E-state index contributed by atoms with van der Waals surface area (Å²) in [5.74, 6) is 0. The van der Waals surface area contributed by atoms with E-state index in [9.17, 15) is 0 Å². The highest BCUT2D eigenvalue weighted by Crippen LogP contribution is 2.36. The molecule has 5 rings (SSSR count). The number of benzene rings is 5. The summed E-state index contributed by atoms with van der Waals surface area (Å²) in [6.45, 7) is 14.3. The molecule has 0 bridgehead atoms. The van der Waals surface area contributed by atoms with Crippen molar-refractivity contribution in [3.8, 4) is 0 Å². The van der Waals surface area contributed by atoms with Crippen molar-refractivity contribution in [1.29, 1.82) is 0 Å². The topological polar surface area (TPSA) is 6.48 Å². The Morgan fingerprint density at radius 1 is 0.512 bits per heavy atom. The van der Waals surface area contributed by atoms with E-state index in [2.05, 4.69) is 177 Å². The van der Waals surface area contributed by atoms with E-state index in [0.29, 0.717) is 0 Å². The summed E-state index contributed by atoms with van der Waals surface area (Å²) in [7, 11) is 0. The third-order valence-corrected chi connectivity index (χ3v) is 7.31. The molecule has 0 spiro atoms. The SMILES string of the molecule is C=C/C=C(\C=C)N(c1ccc(/C=C/c2ccc(N(c3cccc(C)c3)c3cccc(C)c3)cc2)cc1)c1cccc(C)c1. The second-order valence-corrected chi connectivity index (χ2v) is 10.7. The van der Waals surface area contributed by atoms with Crippen molar-refractivity contribution in [1.82, 2.24) is 0 Å². The summed E-state index contributed by atoms with van der Waals surface area (Å²) < 4.78 is 0. The summed E-state index contributed by atoms with van der Waals surface area (Å²) in [4.78, 5) is 4.51. The quantitative estimate of drug-likeness (QED) is 0.124. The van der Waals surface area contributed by atoms with Gasteiger partial charge < -0.3 is 9.80 Å². The first kappa shape index (κ1) is 29.2. The summed E-state index contributed by atoms with van der Waals surface area (Å²) in [5, 5.41) is 0. The summed E-state index contributed by atoms with van der Waals surface area (Å²) in [6, 6.07) is 43.1. The molecule has 0 aromatic heterocycles. The van der Waals surface area contributed by atoms with Crippen LogP contribution in [-0.2, 0) is 0 Å². The van der Waals surface area contributed by atoms with Gasteiger partial charge in [-0.05, 0) is 121 Å². The molecule has 5 aromatic carbocycles. The largest absolute Gasteiger partial charge is 0.311 e. The monoisotopic (exact) mass is 558 g/mol. The number of hydrogen-bond donors (Lipinski definition) is 0. The smallest absolute Gasteiger partial charge is 0.0464 e. The van der Waals surface area contributed by atoms with Crippen LogP contribution in [0.5, 0.6) is 0 Å². The molecule has 5 aromatic rings. The molecule has 0 heterocycles. The Morgan fingerprint density at radius 2 is 0.953 bits per heavy atom. The predicted octanol–water partition coefficient (Wildman–Crippen LogP) is 11.6. The van der Waals surface area contributed by atoms with E-state index in [1.807, 2.05) is 12.2 Å². The lowest BCUT2D eigenvalue weighted by Crippen LogP contribution is -2.15. The Balaban J connectivity index is 1.39. The third kappa shape index (κ3) is 7.12. The molecule has 0 saturated heterocycles. The van der Waals surface area contributed by atoms with Crippen molar-refractivity contribution in [3.05, 3.63) is 186 Å². The van der Waals surface area contributed by atoms with Crippen LogP contribution in [0.1, 0.15) is 27.8 Å². The van der Waals surface area contributed by atoms with E-state index >= 15 is 0 Å². The summed E-state index contributed by atoms with van der Waals surface area (Å²) in [6.07, 6.45) is 9.95. The van der Waals surface area contributed by atoms with Crippen LogP contribution in [0.2, 0.25) is 0 Å². The minimum absolute atomic E-state index is 0.967. The maximum absolute atomic E-state index is 4.04. The fourth-order valence-corrected chi connectivity index (χ4v) is 5.21. The Hall–Kier alpha value is -5.34. The standard InChI is InChI=1S/C41H38N2/c1-6-11-36(7-2)42(39-15-8-12-31(3)28-39)37-24-20-34(21-25-37)18-19-35-22-26-38(27-23-35)43(40-16-9-13-32(4)29-40)41-17-10-14-33(5)30-41/h6-30H,1-2H2,3-5H3/b19-18+,36-11+. The van der Waals surface area contributed by atoms with Crippen LogP contribution in [-0.4, -0.2) is 0 Å². The molecule has 0 radical (unpaired) electrons. The van der Waals surface area contributed by atoms with Crippen LogP contribution in [0.4, 0.5) is 28.4 Å². The van der Waals surface area contributed by atoms with Gasteiger partial charge in [-0.1, -0.05) is 92.0 Å². The minimum Gasteiger partial charge on any atom is -0.311 e. The molecule has 0 unspecified atom stereocenters. The Morgan fingerprint density at radius 3 is 1.40 bits per heavy atom. The lowest BCUT2D eigenvalue weighted by Gasteiger charge is -2.26. The van der Waals surface area contributed by atoms with Gasteiger partial charge in [-0.15, -0.1) is 0 Å². The predicted molar refractivity (Wildman–Crippen MR) is 188 cm³/mol. The van der Waals surface area contributed by atoms with Crippen LogP contribution in [0.3, 0.4) is 0 Å². The van der Waals surface area contributed by atoms with Crippen LogP contribution < -0.4 is 9.80 Å². The van der Waals surface area contributed by atoms with Gasteiger partial charge in [0.25, 0.3) is 0 Å². The zero-order valence-corrected chi connectivity index (χ0v) is 25.2. The number of aryl methyl sites for hydroxylation is 3. The zero-order chi connectivity index (χ0) is 30.2. The highest BCUT2D eigenvalue weighted by atomic mass is 15.1. The molecular formula is C41H38N2.